The van der Waals surface area contributed by atoms with Gasteiger partial charge < -0.3 is 4.74 Å². The maximum atomic E-state index is 11.9. The fraction of sp³-hybridized carbons (Fsp3) is 0.417. The van der Waals surface area contributed by atoms with Crippen LogP contribution >= 0.6 is 0 Å². The number of alkyl halides is 3. The SMILES string of the molecule is NNC(=O)c1ccc(COCCCC(F)(F)F)cc1. The van der Waals surface area contributed by atoms with Crippen LogP contribution in [0.3, 0.4) is 0 Å². The molecule has 0 spiro atoms. The lowest BCUT2D eigenvalue weighted by Crippen LogP contribution is -2.29. The first-order chi connectivity index (χ1) is 8.92. The van der Waals surface area contributed by atoms with Gasteiger partial charge in [0.1, 0.15) is 0 Å². The van der Waals surface area contributed by atoms with E-state index in [1.807, 2.05) is 5.43 Å². The van der Waals surface area contributed by atoms with Gasteiger partial charge >= 0.3 is 6.18 Å². The van der Waals surface area contributed by atoms with E-state index in [0.717, 1.165) is 5.56 Å². The van der Waals surface area contributed by atoms with Gasteiger partial charge in [-0.2, -0.15) is 13.2 Å². The number of amides is 1. The Balaban J connectivity index is 2.29. The summed E-state index contributed by atoms with van der Waals surface area (Å²) in [7, 11) is 0. The molecule has 106 valence electrons. The Kier molecular flexibility index (Phi) is 5.78. The molecule has 0 saturated carbocycles. The summed E-state index contributed by atoms with van der Waals surface area (Å²) in [5, 5.41) is 0. The predicted molar refractivity (Wildman–Crippen MR) is 63.0 cm³/mol. The number of ether oxygens (including phenoxy) is 1. The maximum Gasteiger partial charge on any atom is 0.389 e. The lowest BCUT2D eigenvalue weighted by Gasteiger charge is -2.07. The first-order valence-corrected chi connectivity index (χ1v) is 5.67. The molecular formula is C12H15F3N2O2. The molecule has 0 heterocycles. The van der Waals surface area contributed by atoms with Crippen LogP contribution in [0.5, 0.6) is 0 Å². The molecule has 3 N–H and O–H groups in total. The summed E-state index contributed by atoms with van der Waals surface area (Å²) in [6, 6.07) is 6.45. The number of rotatable bonds is 6. The van der Waals surface area contributed by atoms with Gasteiger partial charge in [0.15, 0.2) is 0 Å². The first-order valence-electron chi connectivity index (χ1n) is 5.67. The summed E-state index contributed by atoms with van der Waals surface area (Å²) in [4.78, 5) is 11.1. The largest absolute Gasteiger partial charge is 0.389 e. The van der Waals surface area contributed by atoms with Crippen LogP contribution in [0.1, 0.15) is 28.8 Å². The van der Waals surface area contributed by atoms with Gasteiger partial charge in [-0.05, 0) is 24.1 Å². The summed E-state index contributed by atoms with van der Waals surface area (Å²) < 4.78 is 40.7. The van der Waals surface area contributed by atoms with Crippen LogP contribution in [0.15, 0.2) is 24.3 Å². The minimum atomic E-state index is -4.14. The van der Waals surface area contributed by atoms with Gasteiger partial charge in [-0.25, -0.2) is 5.84 Å². The monoisotopic (exact) mass is 276 g/mol. The number of nitrogen functional groups attached to an aromatic ring is 1. The average Bonchev–Trinajstić information content (AvgIpc) is 2.37. The number of hydrogen-bond acceptors (Lipinski definition) is 3. The third-order valence-electron chi connectivity index (χ3n) is 2.36. The zero-order valence-corrected chi connectivity index (χ0v) is 10.2. The molecule has 0 saturated heterocycles. The summed E-state index contributed by atoms with van der Waals surface area (Å²) in [5.74, 6) is 4.57. The van der Waals surface area contributed by atoms with E-state index in [2.05, 4.69) is 0 Å². The van der Waals surface area contributed by atoms with Crippen molar-refractivity contribution in [3.05, 3.63) is 35.4 Å². The molecule has 1 aromatic carbocycles. The van der Waals surface area contributed by atoms with E-state index in [9.17, 15) is 18.0 Å². The van der Waals surface area contributed by atoms with Gasteiger partial charge in [0.2, 0.25) is 0 Å². The number of halogens is 3. The van der Waals surface area contributed by atoms with Crippen molar-refractivity contribution in [2.45, 2.75) is 25.6 Å². The summed E-state index contributed by atoms with van der Waals surface area (Å²) in [5.41, 5.74) is 3.18. The van der Waals surface area contributed by atoms with E-state index in [1.165, 1.54) is 0 Å². The number of hydrogen-bond donors (Lipinski definition) is 2. The van der Waals surface area contributed by atoms with Gasteiger partial charge in [-0.3, -0.25) is 10.2 Å². The quantitative estimate of drug-likeness (QED) is 0.362. The van der Waals surface area contributed by atoms with Crippen LogP contribution in [0.2, 0.25) is 0 Å². The summed E-state index contributed by atoms with van der Waals surface area (Å²) in [6.07, 6.45) is -5.04. The molecule has 4 nitrogen and oxygen atoms in total. The lowest BCUT2D eigenvalue weighted by molar-refractivity contribution is -0.138. The van der Waals surface area contributed by atoms with Crippen LogP contribution in [0.4, 0.5) is 13.2 Å². The molecule has 0 bridgehead atoms. The van der Waals surface area contributed by atoms with Crippen molar-refractivity contribution in [1.29, 1.82) is 0 Å². The molecule has 19 heavy (non-hydrogen) atoms. The van der Waals surface area contributed by atoms with E-state index >= 15 is 0 Å². The van der Waals surface area contributed by atoms with E-state index < -0.39 is 18.5 Å². The van der Waals surface area contributed by atoms with Gasteiger partial charge in [0.25, 0.3) is 5.91 Å². The van der Waals surface area contributed by atoms with Gasteiger partial charge in [0, 0.05) is 18.6 Å². The molecule has 1 rings (SSSR count). The Hall–Kier alpha value is -1.60. The van der Waals surface area contributed by atoms with Crippen molar-refractivity contribution in [2.24, 2.45) is 5.84 Å². The molecule has 0 radical (unpaired) electrons. The number of nitrogens with two attached hydrogens (primary N) is 1. The first kappa shape index (κ1) is 15.5. The van der Waals surface area contributed by atoms with Crippen LogP contribution in [-0.2, 0) is 11.3 Å². The number of benzene rings is 1. The molecule has 0 aliphatic carbocycles. The van der Waals surface area contributed by atoms with Crippen molar-refractivity contribution in [2.75, 3.05) is 6.61 Å². The van der Waals surface area contributed by atoms with Crippen LogP contribution in [0, 0.1) is 0 Å². The fourth-order valence-electron chi connectivity index (χ4n) is 1.40. The van der Waals surface area contributed by atoms with Crippen molar-refractivity contribution < 1.29 is 22.7 Å². The fourth-order valence-corrected chi connectivity index (χ4v) is 1.40. The molecule has 1 amide bonds. The van der Waals surface area contributed by atoms with Gasteiger partial charge in [0.05, 0.1) is 6.61 Å². The Morgan fingerprint density at radius 3 is 2.42 bits per heavy atom. The second-order valence-corrected chi connectivity index (χ2v) is 3.94. The Morgan fingerprint density at radius 1 is 1.26 bits per heavy atom. The molecule has 0 unspecified atom stereocenters. The minimum Gasteiger partial charge on any atom is -0.377 e. The maximum absolute atomic E-state index is 11.9. The van der Waals surface area contributed by atoms with E-state index in [-0.39, 0.29) is 19.6 Å². The topological polar surface area (TPSA) is 64.3 Å². The van der Waals surface area contributed by atoms with E-state index in [4.69, 9.17) is 10.6 Å². The highest BCUT2D eigenvalue weighted by Crippen LogP contribution is 2.21. The number of nitrogens with one attached hydrogen (secondary N) is 1. The Labute approximate surface area is 108 Å². The molecule has 0 aromatic heterocycles. The predicted octanol–water partition coefficient (Wildman–Crippen LogP) is 2.15. The van der Waals surface area contributed by atoms with Gasteiger partial charge in [-0.15, -0.1) is 0 Å². The number of hydrazine groups is 1. The lowest BCUT2D eigenvalue weighted by atomic mass is 10.1. The second kappa shape index (κ2) is 7.10. The van der Waals surface area contributed by atoms with E-state index in [0.29, 0.717) is 5.56 Å². The highest BCUT2D eigenvalue weighted by molar-refractivity contribution is 5.93. The summed E-state index contributed by atoms with van der Waals surface area (Å²) >= 11 is 0. The Bertz CT molecular complexity index is 404. The normalized spacial score (nSPS) is 11.4. The molecule has 7 heteroatoms. The van der Waals surface area contributed by atoms with Crippen LogP contribution < -0.4 is 11.3 Å². The second-order valence-electron chi connectivity index (χ2n) is 3.94. The van der Waals surface area contributed by atoms with E-state index in [1.54, 1.807) is 24.3 Å². The van der Waals surface area contributed by atoms with Crippen molar-refractivity contribution in [1.82, 2.24) is 5.43 Å². The third kappa shape index (κ3) is 6.21. The molecular weight excluding hydrogens is 261 g/mol. The number of carbonyl (C=O) groups excluding carboxylic acids is 1. The minimum absolute atomic E-state index is 0.0462. The third-order valence-corrected chi connectivity index (χ3v) is 2.36. The smallest absolute Gasteiger partial charge is 0.377 e. The van der Waals surface area contributed by atoms with Crippen LogP contribution in [0.25, 0.3) is 0 Å². The zero-order valence-electron chi connectivity index (χ0n) is 10.2. The van der Waals surface area contributed by atoms with Crippen molar-refractivity contribution in [3.8, 4) is 0 Å². The van der Waals surface area contributed by atoms with Crippen molar-refractivity contribution >= 4 is 5.91 Å². The van der Waals surface area contributed by atoms with Crippen LogP contribution in [-0.4, -0.2) is 18.7 Å². The molecule has 0 aliphatic heterocycles. The summed E-state index contributed by atoms with van der Waals surface area (Å²) in [6.45, 7) is 0.257. The van der Waals surface area contributed by atoms with Gasteiger partial charge in [-0.1, -0.05) is 12.1 Å². The number of carbonyl (C=O) groups is 1. The molecule has 0 fully saturated rings. The van der Waals surface area contributed by atoms with Crippen molar-refractivity contribution in [3.63, 3.8) is 0 Å². The highest BCUT2D eigenvalue weighted by atomic mass is 19.4. The average molecular weight is 276 g/mol. The highest BCUT2D eigenvalue weighted by Gasteiger charge is 2.25. The Morgan fingerprint density at radius 2 is 1.89 bits per heavy atom. The standard InChI is InChI=1S/C12H15F3N2O2/c13-12(14,15)6-1-7-19-8-9-2-4-10(5-3-9)11(18)17-16/h2-5H,1,6-8,16H2,(H,17,18). The zero-order chi connectivity index (χ0) is 14.3. The molecule has 0 atom stereocenters. The molecule has 1 aromatic rings. The molecule has 0 aliphatic rings.